The van der Waals surface area contributed by atoms with Gasteiger partial charge in [0.25, 0.3) is 0 Å². The summed E-state index contributed by atoms with van der Waals surface area (Å²) in [4.78, 5) is 14.7. The third-order valence-electron chi connectivity index (χ3n) is 5.36. The van der Waals surface area contributed by atoms with E-state index in [2.05, 4.69) is 27.7 Å². The van der Waals surface area contributed by atoms with E-state index in [-0.39, 0.29) is 24.2 Å². The van der Waals surface area contributed by atoms with Gasteiger partial charge in [0.15, 0.2) is 0 Å². The molecule has 1 aliphatic carbocycles. The molecule has 4 nitrogen and oxygen atoms in total. The van der Waals surface area contributed by atoms with Crippen molar-refractivity contribution in [3.8, 4) is 0 Å². The minimum atomic E-state index is -0.375. The monoisotopic (exact) mass is 307 g/mol. The quantitative estimate of drug-likeness (QED) is 0.748. The molecule has 0 aromatic carbocycles. The third-order valence-corrected chi connectivity index (χ3v) is 5.36. The van der Waals surface area contributed by atoms with Crippen molar-refractivity contribution in [1.29, 1.82) is 0 Å². The lowest BCUT2D eigenvalue weighted by atomic mass is 9.69. The zero-order chi connectivity index (χ0) is 16.5. The standard InChI is InChI=1S/C17H30BNO3/c1-7-19(8-2)15(20)13-11-9-10-12-14(13)18-21-16(3,4)17(5,6)22-18/h7-12H2,1-6H3. The Morgan fingerprint density at radius 1 is 1.05 bits per heavy atom. The van der Waals surface area contributed by atoms with Crippen molar-refractivity contribution in [3.63, 3.8) is 0 Å². The van der Waals surface area contributed by atoms with Gasteiger partial charge in [0, 0.05) is 18.7 Å². The van der Waals surface area contributed by atoms with E-state index in [9.17, 15) is 4.79 Å². The molecule has 0 radical (unpaired) electrons. The van der Waals surface area contributed by atoms with Crippen LogP contribution in [-0.2, 0) is 14.1 Å². The van der Waals surface area contributed by atoms with Gasteiger partial charge in [0.05, 0.1) is 11.2 Å². The molecule has 2 aliphatic rings. The first kappa shape index (κ1) is 17.5. The smallest absolute Gasteiger partial charge is 0.400 e. The van der Waals surface area contributed by atoms with Crippen LogP contribution in [-0.4, -0.2) is 42.2 Å². The molecule has 0 unspecified atom stereocenters. The molecule has 22 heavy (non-hydrogen) atoms. The highest BCUT2D eigenvalue weighted by molar-refractivity contribution is 6.55. The van der Waals surface area contributed by atoms with Crippen molar-refractivity contribution in [2.24, 2.45) is 0 Å². The zero-order valence-electron chi connectivity index (χ0n) is 15.0. The van der Waals surface area contributed by atoms with Gasteiger partial charge in [-0.05, 0) is 72.7 Å². The molecule has 0 saturated carbocycles. The fourth-order valence-corrected chi connectivity index (χ4v) is 3.12. The Morgan fingerprint density at radius 2 is 1.55 bits per heavy atom. The minimum Gasteiger partial charge on any atom is -0.400 e. The number of amides is 1. The first-order chi connectivity index (χ1) is 10.2. The van der Waals surface area contributed by atoms with E-state index in [0.29, 0.717) is 0 Å². The summed E-state index contributed by atoms with van der Waals surface area (Å²) in [5, 5.41) is 0. The van der Waals surface area contributed by atoms with Gasteiger partial charge >= 0.3 is 7.12 Å². The summed E-state index contributed by atoms with van der Waals surface area (Å²) in [5.41, 5.74) is 1.28. The maximum absolute atomic E-state index is 12.8. The first-order valence-electron chi connectivity index (χ1n) is 8.60. The molecule has 0 spiro atoms. The molecule has 1 amide bonds. The van der Waals surface area contributed by atoms with Gasteiger partial charge in [0.2, 0.25) is 5.91 Å². The number of hydrogen-bond donors (Lipinski definition) is 0. The van der Waals surface area contributed by atoms with Crippen LogP contribution in [0.4, 0.5) is 0 Å². The topological polar surface area (TPSA) is 38.8 Å². The molecular weight excluding hydrogens is 277 g/mol. The van der Waals surface area contributed by atoms with Crippen LogP contribution < -0.4 is 0 Å². The molecule has 1 saturated heterocycles. The Bertz CT molecular complexity index is 451. The second-order valence-corrected chi connectivity index (χ2v) is 7.28. The largest absolute Gasteiger partial charge is 0.491 e. The molecule has 1 aliphatic heterocycles. The summed E-state index contributed by atoms with van der Waals surface area (Å²) in [5.74, 6) is 0.161. The van der Waals surface area contributed by atoms with Crippen LogP contribution in [0.25, 0.3) is 0 Å². The number of rotatable bonds is 4. The first-order valence-corrected chi connectivity index (χ1v) is 8.60. The Morgan fingerprint density at radius 3 is 2.05 bits per heavy atom. The number of carbonyl (C=O) groups excluding carboxylic acids is 1. The maximum Gasteiger partial charge on any atom is 0.491 e. The van der Waals surface area contributed by atoms with Crippen LogP contribution in [0.1, 0.15) is 67.2 Å². The summed E-state index contributed by atoms with van der Waals surface area (Å²) in [7, 11) is -0.375. The van der Waals surface area contributed by atoms with E-state index >= 15 is 0 Å². The lowest BCUT2D eigenvalue weighted by Gasteiger charge is -2.32. The highest BCUT2D eigenvalue weighted by Gasteiger charge is 2.53. The second-order valence-electron chi connectivity index (χ2n) is 7.28. The maximum atomic E-state index is 12.8. The lowest BCUT2D eigenvalue weighted by molar-refractivity contribution is -0.127. The normalized spacial score (nSPS) is 23.8. The highest BCUT2D eigenvalue weighted by Crippen LogP contribution is 2.41. The van der Waals surface area contributed by atoms with Gasteiger partial charge in [-0.3, -0.25) is 4.79 Å². The van der Waals surface area contributed by atoms with Crippen LogP contribution in [0.3, 0.4) is 0 Å². The Labute approximate surface area is 135 Å². The SMILES string of the molecule is CCN(CC)C(=O)C1=C(B2OC(C)(C)C(C)(C)O2)CCCC1. The van der Waals surface area contributed by atoms with Crippen molar-refractivity contribution in [2.45, 2.75) is 78.4 Å². The summed E-state index contributed by atoms with van der Waals surface area (Å²) in [6.07, 6.45) is 3.92. The van der Waals surface area contributed by atoms with Crippen molar-refractivity contribution < 1.29 is 14.1 Å². The van der Waals surface area contributed by atoms with E-state index in [1.54, 1.807) is 0 Å². The van der Waals surface area contributed by atoms with Gasteiger partial charge in [-0.2, -0.15) is 0 Å². The molecule has 0 aromatic rings. The summed E-state index contributed by atoms with van der Waals surface area (Å²) in [6.45, 7) is 13.8. The molecule has 1 fully saturated rings. The molecule has 1 heterocycles. The molecule has 2 rings (SSSR count). The van der Waals surface area contributed by atoms with Crippen LogP contribution in [0.2, 0.25) is 0 Å². The predicted octanol–water partition coefficient (Wildman–Crippen LogP) is 3.36. The molecule has 0 atom stereocenters. The van der Waals surface area contributed by atoms with Gasteiger partial charge in [0.1, 0.15) is 0 Å². The number of carbonyl (C=O) groups is 1. The van der Waals surface area contributed by atoms with Crippen LogP contribution in [0, 0.1) is 0 Å². The fraction of sp³-hybridized carbons (Fsp3) is 0.824. The molecular formula is C17H30BNO3. The van der Waals surface area contributed by atoms with Crippen LogP contribution in [0.5, 0.6) is 0 Å². The van der Waals surface area contributed by atoms with E-state index < -0.39 is 0 Å². The average Bonchev–Trinajstić information content (AvgIpc) is 2.68. The summed E-state index contributed by atoms with van der Waals surface area (Å²) >= 11 is 0. The predicted molar refractivity (Wildman–Crippen MR) is 89.5 cm³/mol. The Kier molecular flexibility index (Phi) is 5.08. The van der Waals surface area contributed by atoms with Crippen molar-refractivity contribution in [3.05, 3.63) is 11.0 Å². The van der Waals surface area contributed by atoms with E-state index in [4.69, 9.17) is 9.31 Å². The summed E-state index contributed by atoms with van der Waals surface area (Å²) < 4.78 is 12.4. The molecule has 124 valence electrons. The highest BCUT2D eigenvalue weighted by atomic mass is 16.7. The number of likely N-dealkylation sites (N-methyl/N-ethyl adjacent to an activating group) is 1. The van der Waals surface area contributed by atoms with Gasteiger partial charge in [-0.15, -0.1) is 0 Å². The molecule has 5 heteroatoms. The zero-order valence-corrected chi connectivity index (χ0v) is 15.0. The third kappa shape index (κ3) is 3.11. The van der Waals surface area contributed by atoms with Crippen LogP contribution >= 0.6 is 0 Å². The van der Waals surface area contributed by atoms with Crippen molar-refractivity contribution >= 4 is 13.0 Å². The van der Waals surface area contributed by atoms with Crippen molar-refractivity contribution in [1.82, 2.24) is 4.90 Å². The Hall–Kier alpha value is -0.805. The second kappa shape index (κ2) is 6.36. The van der Waals surface area contributed by atoms with Gasteiger partial charge in [-0.1, -0.05) is 0 Å². The lowest BCUT2D eigenvalue weighted by Crippen LogP contribution is -2.41. The van der Waals surface area contributed by atoms with Crippen molar-refractivity contribution in [2.75, 3.05) is 13.1 Å². The fourth-order valence-electron chi connectivity index (χ4n) is 3.12. The van der Waals surface area contributed by atoms with E-state index in [1.165, 1.54) is 0 Å². The van der Waals surface area contributed by atoms with Gasteiger partial charge < -0.3 is 14.2 Å². The average molecular weight is 307 g/mol. The molecule has 0 bridgehead atoms. The number of hydrogen-bond acceptors (Lipinski definition) is 3. The number of nitrogens with zero attached hydrogens (tertiary/aromatic N) is 1. The van der Waals surface area contributed by atoms with Crippen LogP contribution in [0.15, 0.2) is 11.0 Å². The van der Waals surface area contributed by atoms with Gasteiger partial charge in [-0.25, -0.2) is 0 Å². The molecule has 0 N–H and O–H groups in total. The Balaban J connectivity index is 2.31. The van der Waals surface area contributed by atoms with E-state index in [1.807, 2.05) is 18.7 Å². The van der Waals surface area contributed by atoms with E-state index in [0.717, 1.165) is 49.8 Å². The molecule has 0 aromatic heterocycles. The summed E-state index contributed by atoms with van der Waals surface area (Å²) in [6, 6.07) is 0. The number of allylic oxidation sites excluding steroid dienone is 1. The minimum absolute atomic E-state index is 0.161.